The second-order valence-electron chi connectivity index (χ2n) is 12.1. The lowest BCUT2D eigenvalue weighted by atomic mass is 9.47. The Labute approximate surface area is 203 Å². The first-order valence-corrected chi connectivity index (χ1v) is 13.1. The molecule has 3 saturated carbocycles. The molecule has 4 rings (SSSR count). The predicted molar refractivity (Wildman–Crippen MR) is 130 cm³/mol. The number of hydrogen-bond donors (Lipinski definition) is 3. The van der Waals surface area contributed by atoms with Gasteiger partial charge in [-0.2, -0.15) is 0 Å². The summed E-state index contributed by atoms with van der Waals surface area (Å²) in [6.45, 7) is 8.31. The number of carboxylic acid groups (broad SMARTS) is 1. The summed E-state index contributed by atoms with van der Waals surface area (Å²) in [7, 11) is 0. The third-order valence-electron chi connectivity index (χ3n) is 9.65. The van der Waals surface area contributed by atoms with Crippen LogP contribution in [0.1, 0.15) is 85.5 Å². The number of hydrogen-bond acceptors (Lipinski definition) is 5. The molecule has 0 aliphatic heterocycles. The van der Waals surface area contributed by atoms with Crippen molar-refractivity contribution in [1.29, 1.82) is 0 Å². The first kappa shape index (κ1) is 25.2. The van der Waals surface area contributed by atoms with Crippen LogP contribution in [0.2, 0.25) is 0 Å². The van der Waals surface area contributed by atoms with Gasteiger partial charge in [-0.3, -0.25) is 4.79 Å². The topological polar surface area (TPSA) is 108 Å². The molecule has 0 unspecified atom stereocenters. The molecule has 0 aromatic heterocycles. The van der Waals surface area contributed by atoms with Crippen molar-refractivity contribution in [2.45, 2.75) is 97.6 Å². The number of carboxylic acids is 1. The van der Waals surface area contributed by atoms with Gasteiger partial charge in [-0.05, 0) is 98.4 Å². The first-order chi connectivity index (χ1) is 16.0. The lowest BCUT2D eigenvalue weighted by Crippen LogP contribution is -2.51. The van der Waals surface area contributed by atoms with Gasteiger partial charge < -0.3 is 20.4 Å². The molecule has 4 aliphatic rings. The number of aliphatic carboxylic acids is 1. The zero-order chi connectivity index (χ0) is 24.7. The molecule has 0 radical (unpaired) electrons. The maximum atomic E-state index is 12.2. The van der Waals surface area contributed by atoms with Gasteiger partial charge in [0.25, 0.3) is 5.91 Å². The standard InChI is InChI=1S/C27H42N2O5/c1-16(2)13-22(25(32)33)28-24(31)15-34-29-18-9-11-26(3)17(14-18)5-6-19-20-7-8-23(30)27(20,4)12-10-21(19)26/h14,16,19-23,30H,5-13,15H2,1-4H3,(H,28,31)(H,32,33)/b29-18-/t19-,20+,21+,22-,23-,26-,27-/m0/s1. The summed E-state index contributed by atoms with van der Waals surface area (Å²) in [5.41, 5.74) is 2.60. The van der Waals surface area contributed by atoms with E-state index < -0.39 is 17.9 Å². The monoisotopic (exact) mass is 474 g/mol. The third kappa shape index (κ3) is 4.65. The van der Waals surface area contributed by atoms with Gasteiger partial charge in [0.2, 0.25) is 0 Å². The largest absolute Gasteiger partial charge is 0.480 e. The van der Waals surface area contributed by atoms with E-state index in [1.807, 2.05) is 13.8 Å². The zero-order valence-corrected chi connectivity index (χ0v) is 21.2. The Balaban J connectivity index is 1.37. The van der Waals surface area contributed by atoms with E-state index >= 15 is 0 Å². The Morgan fingerprint density at radius 2 is 1.91 bits per heavy atom. The number of oxime groups is 1. The van der Waals surface area contributed by atoms with Crippen LogP contribution in [0.4, 0.5) is 0 Å². The molecule has 3 fully saturated rings. The number of carbonyl (C=O) groups is 2. The van der Waals surface area contributed by atoms with E-state index in [2.05, 4.69) is 30.4 Å². The third-order valence-corrected chi connectivity index (χ3v) is 9.65. The highest BCUT2D eigenvalue weighted by molar-refractivity contribution is 5.96. The number of nitrogens with one attached hydrogen (secondary N) is 1. The van der Waals surface area contributed by atoms with Crippen LogP contribution >= 0.6 is 0 Å². The molecular weight excluding hydrogens is 432 g/mol. The van der Waals surface area contributed by atoms with Gasteiger partial charge in [0.15, 0.2) is 6.61 Å². The Bertz CT molecular complexity index is 867. The molecule has 0 heterocycles. The Hall–Kier alpha value is -1.89. The van der Waals surface area contributed by atoms with E-state index in [0.29, 0.717) is 24.2 Å². The number of allylic oxidation sites excluding steroid dienone is 2. The van der Waals surface area contributed by atoms with Gasteiger partial charge in [-0.15, -0.1) is 0 Å². The first-order valence-electron chi connectivity index (χ1n) is 13.1. The van der Waals surface area contributed by atoms with Crippen molar-refractivity contribution < 1.29 is 24.6 Å². The van der Waals surface area contributed by atoms with Crippen molar-refractivity contribution in [1.82, 2.24) is 5.32 Å². The van der Waals surface area contributed by atoms with E-state index in [1.54, 1.807) is 0 Å². The Morgan fingerprint density at radius 3 is 2.62 bits per heavy atom. The molecule has 190 valence electrons. The van der Waals surface area contributed by atoms with Gasteiger partial charge in [-0.1, -0.05) is 38.4 Å². The average Bonchev–Trinajstić information content (AvgIpc) is 3.07. The van der Waals surface area contributed by atoms with Crippen molar-refractivity contribution in [2.24, 2.45) is 39.7 Å². The quantitative estimate of drug-likeness (QED) is 0.477. The van der Waals surface area contributed by atoms with Gasteiger partial charge >= 0.3 is 5.97 Å². The molecule has 0 aromatic carbocycles. The molecule has 4 aliphatic carbocycles. The molecule has 0 spiro atoms. The van der Waals surface area contributed by atoms with Crippen LogP contribution in [0.3, 0.4) is 0 Å². The molecule has 1 amide bonds. The average molecular weight is 475 g/mol. The fourth-order valence-corrected chi connectivity index (χ4v) is 7.72. The summed E-state index contributed by atoms with van der Waals surface area (Å²) in [5.74, 6) is 0.674. The number of nitrogens with zero attached hydrogens (tertiary/aromatic N) is 1. The molecule has 7 atom stereocenters. The van der Waals surface area contributed by atoms with Crippen LogP contribution in [0.5, 0.6) is 0 Å². The van der Waals surface area contributed by atoms with Crippen LogP contribution in [0, 0.1) is 34.5 Å². The molecule has 7 heteroatoms. The summed E-state index contributed by atoms with van der Waals surface area (Å²) in [6.07, 6.45) is 11.0. The van der Waals surface area contributed by atoms with Crippen LogP contribution in [0.25, 0.3) is 0 Å². The van der Waals surface area contributed by atoms with Gasteiger partial charge in [0, 0.05) is 0 Å². The maximum Gasteiger partial charge on any atom is 0.326 e. The fraction of sp³-hybridized carbons (Fsp3) is 0.815. The normalized spacial score (nSPS) is 39.0. The van der Waals surface area contributed by atoms with Crippen LogP contribution in [-0.4, -0.2) is 46.6 Å². The summed E-state index contributed by atoms with van der Waals surface area (Å²) in [4.78, 5) is 28.8. The SMILES string of the molecule is CC(C)C[C@H](NC(=O)CO/N=C1\C=C2CC[C@H]3[C@H]4CC[C@H](O)[C@@]4(C)CC[C@H]3[C@@]2(C)CC1)C(=O)O. The van der Waals surface area contributed by atoms with Gasteiger partial charge in [-0.25, -0.2) is 4.79 Å². The lowest BCUT2D eigenvalue weighted by Gasteiger charge is -2.57. The summed E-state index contributed by atoms with van der Waals surface area (Å²) < 4.78 is 0. The summed E-state index contributed by atoms with van der Waals surface area (Å²) >= 11 is 0. The number of rotatable bonds is 7. The molecule has 3 N–H and O–H groups in total. The summed E-state index contributed by atoms with van der Waals surface area (Å²) in [5, 5.41) is 26.7. The van der Waals surface area contributed by atoms with Crippen molar-refractivity contribution >= 4 is 17.6 Å². The smallest absolute Gasteiger partial charge is 0.326 e. The minimum absolute atomic E-state index is 0.100. The van der Waals surface area contributed by atoms with Crippen LogP contribution < -0.4 is 5.32 Å². The number of aliphatic hydroxyl groups is 1. The fourth-order valence-electron chi connectivity index (χ4n) is 7.72. The second-order valence-corrected chi connectivity index (χ2v) is 12.1. The van der Waals surface area contributed by atoms with Gasteiger partial charge in [0.1, 0.15) is 6.04 Å². The second kappa shape index (κ2) is 9.63. The summed E-state index contributed by atoms with van der Waals surface area (Å²) in [6, 6.07) is -0.908. The van der Waals surface area contributed by atoms with E-state index in [4.69, 9.17) is 4.84 Å². The van der Waals surface area contributed by atoms with Crippen molar-refractivity contribution in [2.75, 3.05) is 6.61 Å². The highest BCUT2D eigenvalue weighted by Gasteiger charge is 2.58. The predicted octanol–water partition coefficient (Wildman–Crippen LogP) is 4.30. The number of carbonyl (C=O) groups excluding carboxylic acids is 1. The molecule has 0 aromatic rings. The Morgan fingerprint density at radius 1 is 1.15 bits per heavy atom. The minimum atomic E-state index is -1.03. The van der Waals surface area contributed by atoms with Crippen LogP contribution in [-0.2, 0) is 14.4 Å². The lowest BCUT2D eigenvalue weighted by molar-refractivity contribution is -0.143. The number of amides is 1. The van der Waals surface area contributed by atoms with E-state index in [9.17, 15) is 19.8 Å². The minimum Gasteiger partial charge on any atom is -0.480 e. The molecular formula is C27H42N2O5. The van der Waals surface area contributed by atoms with E-state index in [-0.39, 0.29) is 29.5 Å². The van der Waals surface area contributed by atoms with E-state index in [0.717, 1.165) is 44.2 Å². The Kier molecular flexibility index (Phi) is 7.14. The van der Waals surface area contributed by atoms with Crippen LogP contribution in [0.15, 0.2) is 16.8 Å². The highest BCUT2D eigenvalue weighted by Crippen LogP contribution is 2.65. The van der Waals surface area contributed by atoms with Crippen molar-refractivity contribution in [3.05, 3.63) is 11.6 Å². The number of aliphatic hydroxyl groups excluding tert-OH is 1. The molecule has 0 bridgehead atoms. The van der Waals surface area contributed by atoms with E-state index in [1.165, 1.54) is 18.4 Å². The number of fused-ring (bicyclic) bond motifs is 5. The van der Waals surface area contributed by atoms with Gasteiger partial charge in [0.05, 0.1) is 11.8 Å². The molecule has 7 nitrogen and oxygen atoms in total. The molecule has 34 heavy (non-hydrogen) atoms. The van der Waals surface area contributed by atoms with Crippen molar-refractivity contribution in [3.63, 3.8) is 0 Å². The zero-order valence-electron chi connectivity index (χ0n) is 21.2. The maximum absolute atomic E-state index is 12.2. The highest BCUT2D eigenvalue weighted by atomic mass is 16.6. The van der Waals surface area contributed by atoms with Crippen molar-refractivity contribution in [3.8, 4) is 0 Å². The molecule has 0 saturated heterocycles.